The third-order valence-corrected chi connectivity index (χ3v) is 6.56. The van der Waals surface area contributed by atoms with Crippen molar-refractivity contribution in [2.45, 2.75) is 64.5 Å². The second kappa shape index (κ2) is 5.26. The fourth-order valence-electron chi connectivity index (χ4n) is 4.99. The Bertz CT molecular complexity index is 357. The molecule has 2 saturated heterocycles. The van der Waals surface area contributed by atoms with Gasteiger partial charge in [0, 0.05) is 36.6 Å². The maximum Gasteiger partial charge on any atom is 0.0690 e. The number of piperidine rings is 1. The predicted molar refractivity (Wildman–Crippen MR) is 82.6 cm³/mol. The lowest BCUT2D eigenvalue weighted by Crippen LogP contribution is -2.80. The minimum absolute atomic E-state index is 0.0479. The van der Waals surface area contributed by atoms with E-state index in [1.54, 1.807) is 0 Å². The largest absolute Gasteiger partial charge is 0.377 e. The Morgan fingerprint density at radius 2 is 2.05 bits per heavy atom. The van der Waals surface area contributed by atoms with E-state index >= 15 is 0 Å². The van der Waals surface area contributed by atoms with Gasteiger partial charge in [0.05, 0.1) is 6.10 Å². The number of hydrogen-bond donors (Lipinski definition) is 1. The van der Waals surface area contributed by atoms with E-state index in [-0.39, 0.29) is 11.0 Å². The lowest BCUT2D eigenvalue weighted by molar-refractivity contribution is -0.232. The van der Waals surface area contributed by atoms with Crippen LogP contribution >= 0.6 is 0 Å². The van der Waals surface area contributed by atoms with Crippen molar-refractivity contribution >= 4 is 0 Å². The molecule has 0 radical (unpaired) electrons. The highest BCUT2D eigenvalue weighted by atomic mass is 16.5. The molecule has 3 heteroatoms. The molecule has 3 nitrogen and oxygen atoms in total. The predicted octanol–water partition coefficient (Wildman–Crippen LogP) is 2.64. The summed E-state index contributed by atoms with van der Waals surface area (Å²) in [7, 11) is 0. The second-order valence-electron chi connectivity index (χ2n) is 7.95. The molecular weight excluding hydrogens is 248 g/mol. The zero-order chi connectivity index (χ0) is 14.4. The number of hydrogen-bond acceptors (Lipinski definition) is 3. The highest BCUT2D eigenvalue weighted by molar-refractivity contribution is 5.21. The first-order valence-electron chi connectivity index (χ1n) is 8.62. The monoisotopic (exact) mass is 280 g/mol. The molecule has 0 aromatic carbocycles. The van der Waals surface area contributed by atoms with Gasteiger partial charge in [0.15, 0.2) is 0 Å². The first-order chi connectivity index (χ1) is 9.49. The number of nitrogens with two attached hydrogens (primary N) is 1. The molecule has 20 heavy (non-hydrogen) atoms. The molecule has 0 spiro atoms. The topological polar surface area (TPSA) is 38.5 Å². The molecule has 0 aromatic rings. The van der Waals surface area contributed by atoms with Crippen molar-refractivity contribution in [2.24, 2.45) is 23.0 Å². The van der Waals surface area contributed by atoms with Crippen molar-refractivity contribution in [2.75, 3.05) is 26.2 Å². The Kier molecular flexibility index (Phi) is 3.89. The Morgan fingerprint density at radius 1 is 1.25 bits per heavy atom. The maximum atomic E-state index is 6.93. The summed E-state index contributed by atoms with van der Waals surface area (Å²) in [6.07, 6.45) is 6.91. The van der Waals surface area contributed by atoms with Crippen molar-refractivity contribution in [3.05, 3.63) is 0 Å². The second-order valence-corrected chi connectivity index (χ2v) is 7.95. The third kappa shape index (κ3) is 2.13. The van der Waals surface area contributed by atoms with Crippen LogP contribution in [0, 0.1) is 17.3 Å². The summed E-state index contributed by atoms with van der Waals surface area (Å²) < 4.78 is 6.02. The molecule has 1 aliphatic carbocycles. The van der Waals surface area contributed by atoms with Crippen LogP contribution in [0.3, 0.4) is 0 Å². The van der Waals surface area contributed by atoms with E-state index in [0.29, 0.717) is 12.0 Å². The average Bonchev–Trinajstić information content (AvgIpc) is 2.47. The molecule has 0 bridgehead atoms. The Labute approximate surface area is 124 Å². The van der Waals surface area contributed by atoms with Crippen LogP contribution in [-0.2, 0) is 4.74 Å². The third-order valence-electron chi connectivity index (χ3n) is 6.56. The van der Waals surface area contributed by atoms with Crippen LogP contribution in [-0.4, -0.2) is 42.8 Å². The summed E-state index contributed by atoms with van der Waals surface area (Å²) in [5.74, 6) is 1.46. The molecule has 3 aliphatic rings. The van der Waals surface area contributed by atoms with Gasteiger partial charge in [-0.25, -0.2) is 0 Å². The zero-order valence-corrected chi connectivity index (χ0v) is 13.5. The number of fused-ring (bicyclic) bond motifs is 1. The van der Waals surface area contributed by atoms with E-state index < -0.39 is 0 Å². The SMILES string of the molecule is CCC1CCCN(CC2(N)C3CCCOC3C2(C)C)C1. The molecule has 3 rings (SSSR count). The Morgan fingerprint density at radius 3 is 2.80 bits per heavy atom. The van der Waals surface area contributed by atoms with E-state index in [1.807, 2.05) is 0 Å². The van der Waals surface area contributed by atoms with Crippen LogP contribution in [0.1, 0.15) is 52.9 Å². The molecule has 4 unspecified atom stereocenters. The van der Waals surface area contributed by atoms with Crippen molar-refractivity contribution in [1.82, 2.24) is 4.90 Å². The summed E-state index contributed by atoms with van der Waals surface area (Å²) >= 11 is 0. The van der Waals surface area contributed by atoms with E-state index in [0.717, 1.165) is 19.1 Å². The van der Waals surface area contributed by atoms with E-state index in [1.165, 1.54) is 45.2 Å². The van der Waals surface area contributed by atoms with Gasteiger partial charge >= 0.3 is 0 Å². The van der Waals surface area contributed by atoms with Gasteiger partial charge in [0.1, 0.15) is 0 Å². The van der Waals surface area contributed by atoms with E-state index in [9.17, 15) is 0 Å². The molecule has 0 amide bonds. The van der Waals surface area contributed by atoms with Gasteiger partial charge < -0.3 is 15.4 Å². The van der Waals surface area contributed by atoms with Crippen LogP contribution in [0.15, 0.2) is 0 Å². The fourth-order valence-corrected chi connectivity index (χ4v) is 4.99. The summed E-state index contributed by atoms with van der Waals surface area (Å²) in [4.78, 5) is 2.64. The normalized spacial score (nSPS) is 44.7. The standard InChI is InChI=1S/C17H32N2O/c1-4-13-7-5-9-19(11-13)12-17(18)14-8-6-10-20-15(14)16(17,2)3/h13-15H,4-12,18H2,1-3H3. The summed E-state index contributed by atoms with van der Waals surface area (Å²) in [6, 6.07) is 0. The van der Waals surface area contributed by atoms with Gasteiger partial charge in [0.25, 0.3) is 0 Å². The lowest BCUT2D eigenvalue weighted by Gasteiger charge is -2.67. The van der Waals surface area contributed by atoms with Crippen LogP contribution in [0.5, 0.6) is 0 Å². The van der Waals surface area contributed by atoms with E-state index in [2.05, 4.69) is 25.7 Å². The highest BCUT2D eigenvalue weighted by Gasteiger charge is 2.66. The first-order valence-corrected chi connectivity index (χ1v) is 8.62. The van der Waals surface area contributed by atoms with Crippen molar-refractivity contribution in [3.8, 4) is 0 Å². The molecule has 1 saturated carbocycles. The number of likely N-dealkylation sites (tertiary alicyclic amines) is 1. The van der Waals surface area contributed by atoms with E-state index in [4.69, 9.17) is 10.5 Å². The van der Waals surface area contributed by atoms with Gasteiger partial charge in [-0.1, -0.05) is 27.2 Å². The van der Waals surface area contributed by atoms with Gasteiger partial charge in [-0.2, -0.15) is 0 Å². The first kappa shape index (κ1) is 14.8. The molecule has 2 heterocycles. The zero-order valence-electron chi connectivity index (χ0n) is 13.5. The average molecular weight is 280 g/mol. The van der Waals surface area contributed by atoms with Crippen LogP contribution in [0.25, 0.3) is 0 Å². The van der Waals surface area contributed by atoms with Gasteiger partial charge in [-0.05, 0) is 38.1 Å². The number of rotatable bonds is 3. The number of nitrogens with zero attached hydrogens (tertiary/aromatic N) is 1. The summed E-state index contributed by atoms with van der Waals surface area (Å²) in [5, 5.41) is 0. The minimum Gasteiger partial charge on any atom is -0.377 e. The van der Waals surface area contributed by atoms with Crippen LogP contribution in [0.2, 0.25) is 0 Å². The van der Waals surface area contributed by atoms with Crippen molar-refractivity contribution in [3.63, 3.8) is 0 Å². The number of ether oxygens (including phenoxy) is 1. The molecule has 3 fully saturated rings. The molecule has 2 aliphatic heterocycles. The Balaban J connectivity index is 1.69. The smallest absolute Gasteiger partial charge is 0.0690 e. The maximum absolute atomic E-state index is 6.93. The summed E-state index contributed by atoms with van der Waals surface area (Å²) in [6.45, 7) is 11.5. The van der Waals surface area contributed by atoms with Gasteiger partial charge in [0.2, 0.25) is 0 Å². The quantitative estimate of drug-likeness (QED) is 0.864. The van der Waals surface area contributed by atoms with Crippen LogP contribution < -0.4 is 5.73 Å². The highest BCUT2D eigenvalue weighted by Crippen LogP contribution is 2.57. The lowest BCUT2D eigenvalue weighted by atomic mass is 9.46. The molecule has 2 N–H and O–H groups in total. The van der Waals surface area contributed by atoms with Crippen LogP contribution in [0.4, 0.5) is 0 Å². The van der Waals surface area contributed by atoms with Gasteiger partial charge in [-0.15, -0.1) is 0 Å². The molecule has 116 valence electrons. The molecular formula is C17H32N2O. The van der Waals surface area contributed by atoms with Gasteiger partial charge in [-0.3, -0.25) is 0 Å². The van der Waals surface area contributed by atoms with Crippen molar-refractivity contribution < 1.29 is 4.74 Å². The Hall–Kier alpha value is -0.120. The molecule has 4 atom stereocenters. The minimum atomic E-state index is -0.0479. The molecule has 0 aromatic heterocycles. The fraction of sp³-hybridized carbons (Fsp3) is 1.00. The van der Waals surface area contributed by atoms with Crippen molar-refractivity contribution in [1.29, 1.82) is 0 Å². The summed E-state index contributed by atoms with van der Waals surface area (Å²) in [5.41, 5.74) is 7.01.